The number of amides is 2. The summed E-state index contributed by atoms with van der Waals surface area (Å²) in [5.74, 6) is -0.183. The van der Waals surface area contributed by atoms with E-state index in [0.29, 0.717) is 0 Å². The number of carbonyl (C=O) groups excluding carboxylic acids is 2. The lowest BCUT2D eigenvalue weighted by molar-refractivity contribution is -0.127. The third kappa shape index (κ3) is 5.10. The Hall–Kier alpha value is -2.92. The summed E-state index contributed by atoms with van der Waals surface area (Å²) in [6, 6.07) is 19.1. The first-order chi connectivity index (χ1) is 15.5. The standard InChI is InChI=1S/C27H30N2O2S/c1-19-13-15-21(16-14-19)26(27(31)28-22-9-4-5-10-22)29(24-12-6-3-8-20(24)2)25(30)18-23-11-7-17-32-23/h3,6-8,11-17,22,26H,4-5,9-10,18H2,1-2H3,(H,28,31). The Morgan fingerprint density at radius 3 is 2.38 bits per heavy atom. The van der Waals surface area contributed by atoms with Crippen LogP contribution in [0.4, 0.5) is 5.69 Å². The first-order valence-corrected chi connectivity index (χ1v) is 12.2. The van der Waals surface area contributed by atoms with E-state index in [2.05, 4.69) is 5.32 Å². The summed E-state index contributed by atoms with van der Waals surface area (Å²) in [6.07, 6.45) is 4.54. The lowest BCUT2D eigenvalue weighted by atomic mass is 9.99. The van der Waals surface area contributed by atoms with Crippen LogP contribution < -0.4 is 10.2 Å². The van der Waals surface area contributed by atoms with Crippen molar-refractivity contribution in [1.29, 1.82) is 0 Å². The summed E-state index contributed by atoms with van der Waals surface area (Å²) in [5.41, 5.74) is 3.70. The number of hydrogen-bond acceptors (Lipinski definition) is 3. The third-order valence-electron chi connectivity index (χ3n) is 6.15. The van der Waals surface area contributed by atoms with E-state index < -0.39 is 6.04 Å². The number of carbonyl (C=O) groups is 2. The molecule has 1 aromatic heterocycles. The molecule has 4 nitrogen and oxygen atoms in total. The quantitative estimate of drug-likeness (QED) is 0.503. The molecule has 5 heteroatoms. The maximum Gasteiger partial charge on any atom is 0.248 e. The van der Waals surface area contributed by atoms with Gasteiger partial charge in [-0.3, -0.25) is 14.5 Å². The second kappa shape index (κ2) is 10.1. The topological polar surface area (TPSA) is 49.4 Å². The highest BCUT2D eigenvalue weighted by Crippen LogP contribution is 2.32. The van der Waals surface area contributed by atoms with Crippen molar-refractivity contribution < 1.29 is 9.59 Å². The third-order valence-corrected chi connectivity index (χ3v) is 7.03. The molecule has 0 saturated heterocycles. The zero-order valence-electron chi connectivity index (χ0n) is 18.7. The second-order valence-corrected chi connectivity index (χ2v) is 9.64. The molecule has 3 aromatic rings. The fraction of sp³-hybridized carbons (Fsp3) is 0.333. The van der Waals surface area contributed by atoms with Gasteiger partial charge in [0.1, 0.15) is 6.04 Å². The van der Waals surface area contributed by atoms with E-state index >= 15 is 0 Å². The number of thiophene rings is 1. The van der Waals surface area contributed by atoms with E-state index in [1.807, 2.05) is 79.9 Å². The predicted molar refractivity (Wildman–Crippen MR) is 131 cm³/mol. The van der Waals surface area contributed by atoms with Crippen LogP contribution in [0.1, 0.15) is 53.3 Å². The Bertz CT molecular complexity index is 1050. The van der Waals surface area contributed by atoms with Crippen LogP contribution in [0.3, 0.4) is 0 Å². The monoisotopic (exact) mass is 446 g/mol. The minimum atomic E-state index is -0.718. The molecule has 4 rings (SSSR count). The maximum atomic E-state index is 13.7. The number of anilines is 1. The number of aryl methyl sites for hydroxylation is 2. The van der Waals surface area contributed by atoms with Crippen molar-refractivity contribution >= 4 is 28.8 Å². The maximum absolute atomic E-state index is 13.7. The Kier molecular flexibility index (Phi) is 7.05. The van der Waals surface area contributed by atoms with Gasteiger partial charge in [-0.15, -0.1) is 11.3 Å². The van der Waals surface area contributed by atoms with Crippen molar-refractivity contribution in [1.82, 2.24) is 5.32 Å². The highest BCUT2D eigenvalue weighted by molar-refractivity contribution is 7.10. The van der Waals surface area contributed by atoms with Crippen LogP contribution in [-0.4, -0.2) is 17.9 Å². The predicted octanol–water partition coefficient (Wildman–Crippen LogP) is 5.74. The van der Waals surface area contributed by atoms with Gasteiger partial charge >= 0.3 is 0 Å². The van der Waals surface area contributed by atoms with Gasteiger partial charge in [0.05, 0.1) is 6.42 Å². The van der Waals surface area contributed by atoms with Gasteiger partial charge < -0.3 is 5.32 Å². The molecule has 1 fully saturated rings. The molecule has 1 atom stereocenters. The molecule has 2 amide bonds. The molecule has 0 aliphatic heterocycles. The molecule has 1 heterocycles. The first kappa shape index (κ1) is 22.3. The number of hydrogen-bond donors (Lipinski definition) is 1. The Balaban J connectivity index is 1.77. The molecule has 32 heavy (non-hydrogen) atoms. The molecule has 1 aliphatic rings. The molecule has 0 bridgehead atoms. The first-order valence-electron chi connectivity index (χ1n) is 11.3. The zero-order chi connectivity index (χ0) is 22.5. The van der Waals surface area contributed by atoms with Crippen LogP contribution in [0.25, 0.3) is 0 Å². The molecule has 1 unspecified atom stereocenters. The van der Waals surface area contributed by atoms with Crippen LogP contribution in [0.15, 0.2) is 66.0 Å². The molecule has 166 valence electrons. The molecule has 1 N–H and O–H groups in total. The SMILES string of the molecule is Cc1ccc(C(C(=O)NC2CCCC2)N(C(=O)Cc2cccs2)c2ccccc2C)cc1. The van der Waals surface area contributed by atoms with E-state index in [1.165, 1.54) is 0 Å². The summed E-state index contributed by atoms with van der Waals surface area (Å²) in [6.45, 7) is 4.01. The van der Waals surface area contributed by atoms with Gasteiger partial charge in [0.15, 0.2) is 0 Å². The van der Waals surface area contributed by atoms with Gasteiger partial charge in [-0.1, -0.05) is 66.9 Å². The number of nitrogens with one attached hydrogen (secondary N) is 1. The van der Waals surface area contributed by atoms with Crippen molar-refractivity contribution in [3.05, 3.63) is 87.6 Å². The molecule has 0 radical (unpaired) electrons. The average Bonchev–Trinajstić information content (AvgIpc) is 3.48. The van der Waals surface area contributed by atoms with Gasteiger partial charge in [0.25, 0.3) is 0 Å². The van der Waals surface area contributed by atoms with Crippen LogP contribution in [0.5, 0.6) is 0 Å². The van der Waals surface area contributed by atoms with Gasteiger partial charge in [-0.05, 0) is 55.3 Å². The normalized spacial score (nSPS) is 14.8. The summed E-state index contributed by atoms with van der Waals surface area (Å²) in [7, 11) is 0. The van der Waals surface area contributed by atoms with Crippen LogP contribution in [0.2, 0.25) is 0 Å². The minimum Gasteiger partial charge on any atom is -0.351 e. The van der Waals surface area contributed by atoms with Crippen molar-refractivity contribution in [2.24, 2.45) is 0 Å². The number of para-hydroxylation sites is 1. The van der Waals surface area contributed by atoms with Gasteiger partial charge in [-0.2, -0.15) is 0 Å². The average molecular weight is 447 g/mol. The van der Waals surface area contributed by atoms with Gasteiger partial charge in [0, 0.05) is 16.6 Å². The molecule has 1 saturated carbocycles. The van der Waals surface area contributed by atoms with E-state index in [4.69, 9.17) is 0 Å². The molecule has 1 aliphatic carbocycles. The Labute approximate surface area is 194 Å². The summed E-state index contributed by atoms with van der Waals surface area (Å²) >= 11 is 1.56. The van der Waals surface area contributed by atoms with Crippen molar-refractivity contribution in [2.45, 2.75) is 58.0 Å². The van der Waals surface area contributed by atoms with Crippen LogP contribution >= 0.6 is 11.3 Å². The zero-order valence-corrected chi connectivity index (χ0v) is 19.5. The smallest absolute Gasteiger partial charge is 0.248 e. The number of rotatable bonds is 7. The van der Waals surface area contributed by atoms with E-state index in [9.17, 15) is 9.59 Å². The van der Waals surface area contributed by atoms with E-state index in [1.54, 1.807) is 16.2 Å². The molecular weight excluding hydrogens is 416 g/mol. The summed E-state index contributed by atoms with van der Waals surface area (Å²) in [5, 5.41) is 5.22. The van der Waals surface area contributed by atoms with E-state index in [0.717, 1.165) is 52.9 Å². The fourth-order valence-corrected chi connectivity index (χ4v) is 5.11. The van der Waals surface area contributed by atoms with Gasteiger partial charge in [0.2, 0.25) is 11.8 Å². The van der Waals surface area contributed by atoms with Gasteiger partial charge in [-0.25, -0.2) is 0 Å². The van der Waals surface area contributed by atoms with Crippen molar-refractivity contribution in [2.75, 3.05) is 4.90 Å². The van der Waals surface area contributed by atoms with E-state index in [-0.39, 0.29) is 24.3 Å². The lowest BCUT2D eigenvalue weighted by Crippen LogP contribution is -2.47. The summed E-state index contributed by atoms with van der Waals surface area (Å²) < 4.78 is 0. The Morgan fingerprint density at radius 1 is 1.00 bits per heavy atom. The Morgan fingerprint density at radius 2 is 1.72 bits per heavy atom. The van der Waals surface area contributed by atoms with Crippen molar-refractivity contribution in [3.8, 4) is 0 Å². The highest BCUT2D eigenvalue weighted by Gasteiger charge is 2.34. The molecular formula is C27H30N2O2S. The number of nitrogens with zero attached hydrogens (tertiary/aromatic N) is 1. The fourth-order valence-electron chi connectivity index (χ4n) is 4.42. The van der Waals surface area contributed by atoms with Crippen molar-refractivity contribution in [3.63, 3.8) is 0 Å². The van der Waals surface area contributed by atoms with Crippen LogP contribution in [-0.2, 0) is 16.0 Å². The summed E-state index contributed by atoms with van der Waals surface area (Å²) in [4.78, 5) is 30.2. The lowest BCUT2D eigenvalue weighted by Gasteiger charge is -2.33. The molecule has 0 spiro atoms. The highest BCUT2D eigenvalue weighted by atomic mass is 32.1. The number of benzene rings is 2. The largest absolute Gasteiger partial charge is 0.351 e. The molecule has 2 aromatic carbocycles. The second-order valence-electron chi connectivity index (χ2n) is 8.61. The van der Waals surface area contributed by atoms with Crippen LogP contribution in [0, 0.1) is 13.8 Å². The minimum absolute atomic E-state index is 0.0751.